The zero-order chi connectivity index (χ0) is 16.9. The van der Waals surface area contributed by atoms with E-state index in [0.717, 1.165) is 5.56 Å². The highest BCUT2D eigenvalue weighted by atomic mass is 32.2. The van der Waals surface area contributed by atoms with Crippen molar-refractivity contribution in [3.05, 3.63) is 48.3 Å². The van der Waals surface area contributed by atoms with E-state index >= 15 is 0 Å². The molecule has 0 radical (unpaired) electrons. The van der Waals surface area contributed by atoms with Crippen LogP contribution in [0.1, 0.15) is 25.5 Å². The van der Waals surface area contributed by atoms with Gasteiger partial charge in [0.05, 0.1) is 6.20 Å². The van der Waals surface area contributed by atoms with Gasteiger partial charge < -0.3 is 5.73 Å². The van der Waals surface area contributed by atoms with E-state index in [1.807, 2.05) is 44.2 Å². The van der Waals surface area contributed by atoms with Gasteiger partial charge >= 0.3 is 0 Å². The molecule has 0 aliphatic heterocycles. The monoisotopic (exact) mass is 336 g/mol. The van der Waals surface area contributed by atoms with Gasteiger partial charge in [-0.25, -0.2) is 8.42 Å². The van der Waals surface area contributed by atoms with E-state index < -0.39 is 10.0 Å². The van der Waals surface area contributed by atoms with Crippen LogP contribution in [0.25, 0.3) is 0 Å². The lowest BCUT2D eigenvalue weighted by Crippen LogP contribution is -2.36. The van der Waals surface area contributed by atoms with E-state index in [0.29, 0.717) is 19.5 Å². The van der Waals surface area contributed by atoms with Crippen LogP contribution in [-0.2, 0) is 16.4 Å². The van der Waals surface area contributed by atoms with Gasteiger partial charge in [0.15, 0.2) is 0 Å². The zero-order valence-corrected chi connectivity index (χ0v) is 14.4. The molecule has 0 aliphatic rings. The van der Waals surface area contributed by atoms with E-state index in [-0.39, 0.29) is 17.5 Å². The molecule has 2 rings (SSSR count). The molecule has 1 aromatic carbocycles. The summed E-state index contributed by atoms with van der Waals surface area (Å²) >= 11 is 0. The quantitative estimate of drug-likeness (QED) is 0.795. The smallest absolute Gasteiger partial charge is 0.246 e. The molecule has 23 heavy (non-hydrogen) atoms. The average molecular weight is 336 g/mol. The first kappa shape index (κ1) is 17.7. The maximum atomic E-state index is 12.8. The third-order valence-corrected chi connectivity index (χ3v) is 5.47. The molecule has 0 bridgehead atoms. The zero-order valence-electron chi connectivity index (χ0n) is 13.6. The number of hydrogen-bond donors (Lipinski definition) is 1. The SMILES string of the molecule is CC(C)n1cc(S(=O)(=O)N(CCN)CCc2ccccc2)cn1. The van der Waals surface area contributed by atoms with Gasteiger partial charge in [-0.15, -0.1) is 0 Å². The fraction of sp³-hybridized carbons (Fsp3) is 0.438. The predicted molar refractivity (Wildman–Crippen MR) is 90.6 cm³/mol. The summed E-state index contributed by atoms with van der Waals surface area (Å²) in [5.74, 6) is 0. The number of nitrogens with two attached hydrogens (primary N) is 1. The van der Waals surface area contributed by atoms with Gasteiger partial charge in [-0.1, -0.05) is 30.3 Å². The Balaban J connectivity index is 2.17. The van der Waals surface area contributed by atoms with Crippen molar-refractivity contribution in [3.8, 4) is 0 Å². The van der Waals surface area contributed by atoms with Crippen molar-refractivity contribution in [3.63, 3.8) is 0 Å². The number of sulfonamides is 1. The molecular formula is C16H24N4O2S. The third-order valence-electron chi connectivity index (χ3n) is 3.62. The van der Waals surface area contributed by atoms with Crippen LogP contribution in [0.3, 0.4) is 0 Å². The Morgan fingerprint density at radius 3 is 2.48 bits per heavy atom. The van der Waals surface area contributed by atoms with Crippen molar-refractivity contribution in [2.24, 2.45) is 5.73 Å². The predicted octanol–water partition coefficient (Wildman–Crippen LogP) is 1.66. The summed E-state index contributed by atoms with van der Waals surface area (Å²) in [6.45, 7) is 4.89. The van der Waals surface area contributed by atoms with Crippen LogP contribution >= 0.6 is 0 Å². The minimum Gasteiger partial charge on any atom is -0.329 e. The summed E-state index contributed by atoms with van der Waals surface area (Å²) in [5.41, 5.74) is 6.70. The first-order valence-corrected chi connectivity index (χ1v) is 9.17. The van der Waals surface area contributed by atoms with Crippen LogP contribution in [-0.4, -0.2) is 42.1 Å². The minimum atomic E-state index is -3.58. The van der Waals surface area contributed by atoms with E-state index in [9.17, 15) is 8.42 Å². The summed E-state index contributed by atoms with van der Waals surface area (Å²) in [6.07, 6.45) is 3.63. The number of benzene rings is 1. The highest BCUT2D eigenvalue weighted by Gasteiger charge is 2.25. The molecule has 2 aromatic rings. The lowest BCUT2D eigenvalue weighted by atomic mass is 10.1. The summed E-state index contributed by atoms with van der Waals surface area (Å²) < 4.78 is 28.7. The van der Waals surface area contributed by atoms with E-state index in [1.54, 1.807) is 10.9 Å². The standard InChI is InChI=1S/C16H24N4O2S/c1-14(2)20-13-16(12-18-20)23(21,22)19(11-9-17)10-8-15-6-4-3-5-7-15/h3-7,12-14H,8-11,17H2,1-2H3. The maximum Gasteiger partial charge on any atom is 0.246 e. The number of hydrogen-bond acceptors (Lipinski definition) is 4. The molecule has 0 spiro atoms. The van der Waals surface area contributed by atoms with Crippen molar-refractivity contribution < 1.29 is 8.42 Å². The molecule has 0 saturated carbocycles. The summed E-state index contributed by atoms with van der Waals surface area (Å²) in [5, 5.41) is 4.12. The Morgan fingerprint density at radius 1 is 1.22 bits per heavy atom. The van der Waals surface area contributed by atoms with Gasteiger partial charge in [0, 0.05) is 31.9 Å². The molecule has 0 amide bonds. The van der Waals surface area contributed by atoms with Crippen molar-refractivity contribution in [2.75, 3.05) is 19.6 Å². The Kier molecular flexibility index (Phi) is 5.92. The van der Waals surface area contributed by atoms with Gasteiger partial charge in [-0.2, -0.15) is 9.40 Å². The Hall–Kier alpha value is -1.70. The van der Waals surface area contributed by atoms with E-state index in [1.165, 1.54) is 10.5 Å². The lowest BCUT2D eigenvalue weighted by Gasteiger charge is -2.20. The third kappa shape index (κ3) is 4.40. The molecular weight excluding hydrogens is 312 g/mol. The Labute approximate surface area is 138 Å². The fourth-order valence-electron chi connectivity index (χ4n) is 2.28. The molecule has 1 aromatic heterocycles. The summed E-state index contributed by atoms with van der Waals surface area (Å²) in [6, 6.07) is 9.94. The van der Waals surface area contributed by atoms with Crippen LogP contribution in [0.15, 0.2) is 47.6 Å². The normalized spacial score (nSPS) is 12.2. The van der Waals surface area contributed by atoms with E-state index in [2.05, 4.69) is 5.10 Å². The largest absolute Gasteiger partial charge is 0.329 e. The molecule has 7 heteroatoms. The maximum absolute atomic E-state index is 12.8. The first-order chi connectivity index (χ1) is 10.9. The van der Waals surface area contributed by atoms with Crippen LogP contribution in [0.5, 0.6) is 0 Å². The molecule has 0 aliphatic carbocycles. The fourth-order valence-corrected chi connectivity index (χ4v) is 3.68. The topological polar surface area (TPSA) is 81.2 Å². The molecule has 2 N–H and O–H groups in total. The van der Waals surface area contributed by atoms with E-state index in [4.69, 9.17) is 5.73 Å². The van der Waals surface area contributed by atoms with Crippen molar-refractivity contribution in [2.45, 2.75) is 31.2 Å². The highest BCUT2D eigenvalue weighted by Crippen LogP contribution is 2.17. The Bertz CT molecular complexity index is 711. The molecule has 0 fully saturated rings. The summed E-state index contributed by atoms with van der Waals surface area (Å²) in [7, 11) is -3.58. The van der Waals surface area contributed by atoms with Crippen molar-refractivity contribution in [1.82, 2.24) is 14.1 Å². The second-order valence-corrected chi connectivity index (χ2v) is 7.62. The van der Waals surface area contributed by atoms with Crippen LogP contribution < -0.4 is 5.73 Å². The van der Waals surface area contributed by atoms with Crippen molar-refractivity contribution in [1.29, 1.82) is 0 Å². The molecule has 0 unspecified atom stereocenters. The van der Waals surface area contributed by atoms with Crippen LogP contribution in [0.2, 0.25) is 0 Å². The molecule has 0 atom stereocenters. The molecule has 0 saturated heterocycles. The van der Waals surface area contributed by atoms with Gasteiger partial charge in [0.1, 0.15) is 4.90 Å². The summed E-state index contributed by atoms with van der Waals surface area (Å²) in [4.78, 5) is 0.215. The van der Waals surface area contributed by atoms with Gasteiger partial charge in [-0.05, 0) is 25.8 Å². The lowest BCUT2D eigenvalue weighted by molar-refractivity contribution is 0.421. The van der Waals surface area contributed by atoms with Gasteiger partial charge in [0.25, 0.3) is 0 Å². The average Bonchev–Trinajstić information content (AvgIpc) is 3.03. The first-order valence-electron chi connectivity index (χ1n) is 7.73. The number of aromatic nitrogens is 2. The van der Waals surface area contributed by atoms with Crippen LogP contribution in [0.4, 0.5) is 0 Å². The molecule has 6 nitrogen and oxygen atoms in total. The van der Waals surface area contributed by atoms with Crippen molar-refractivity contribution >= 4 is 10.0 Å². The second kappa shape index (κ2) is 7.72. The van der Waals surface area contributed by atoms with Gasteiger partial charge in [0.2, 0.25) is 10.0 Å². The number of rotatable bonds is 8. The molecule has 1 heterocycles. The van der Waals surface area contributed by atoms with Gasteiger partial charge in [-0.3, -0.25) is 4.68 Å². The Morgan fingerprint density at radius 2 is 1.91 bits per heavy atom. The molecule has 126 valence electrons. The number of nitrogens with zero attached hydrogens (tertiary/aromatic N) is 3. The minimum absolute atomic E-state index is 0.117. The van der Waals surface area contributed by atoms with Crippen LogP contribution in [0, 0.1) is 0 Å². The second-order valence-electron chi connectivity index (χ2n) is 5.68. The highest BCUT2D eigenvalue weighted by molar-refractivity contribution is 7.89.